The molecule has 0 heterocycles. The summed E-state index contributed by atoms with van der Waals surface area (Å²) in [6.07, 6.45) is 1.94. The topological polar surface area (TPSA) is 113 Å². The lowest BCUT2D eigenvalue weighted by molar-refractivity contribution is -0.114. The molecule has 0 aliphatic heterocycles. The van der Waals surface area contributed by atoms with E-state index in [2.05, 4.69) is 16.0 Å². The zero-order valence-electron chi connectivity index (χ0n) is 14.4. The first-order chi connectivity index (χ1) is 12.9. The smallest absolute Gasteiger partial charge is 0.253 e. The quantitative estimate of drug-likeness (QED) is 0.596. The molecule has 0 bridgehead atoms. The molecule has 27 heavy (non-hydrogen) atoms. The Balaban J connectivity index is 1.60. The highest BCUT2D eigenvalue weighted by atomic mass is 19.1. The third kappa shape index (κ3) is 4.81. The Labute approximate surface area is 155 Å². The van der Waals surface area contributed by atoms with Crippen LogP contribution in [0.3, 0.4) is 0 Å². The van der Waals surface area contributed by atoms with Crippen molar-refractivity contribution < 1.29 is 18.8 Å². The van der Waals surface area contributed by atoms with Gasteiger partial charge < -0.3 is 21.7 Å². The normalized spacial score (nSPS) is 12.9. The number of nitrogens with two attached hydrogens (primary N) is 1. The number of benzene rings is 2. The monoisotopic (exact) mass is 370 g/mol. The van der Waals surface area contributed by atoms with Crippen molar-refractivity contribution in [3.63, 3.8) is 0 Å². The number of nitrogens with one attached hydrogen (secondary N) is 3. The molecule has 1 aliphatic carbocycles. The van der Waals surface area contributed by atoms with Crippen molar-refractivity contribution in [2.75, 3.05) is 17.2 Å². The lowest BCUT2D eigenvalue weighted by Crippen LogP contribution is -2.28. The molecule has 0 aromatic heterocycles. The Bertz CT molecular complexity index is 896. The summed E-state index contributed by atoms with van der Waals surface area (Å²) in [5, 5.41) is 8.30. The van der Waals surface area contributed by atoms with Crippen molar-refractivity contribution in [1.82, 2.24) is 5.32 Å². The number of hydrogen-bond acceptors (Lipinski definition) is 4. The number of halogens is 1. The van der Waals surface area contributed by atoms with Gasteiger partial charge in [-0.2, -0.15) is 0 Å². The van der Waals surface area contributed by atoms with Crippen LogP contribution < -0.4 is 21.7 Å². The van der Waals surface area contributed by atoms with Crippen LogP contribution in [0.4, 0.5) is 15.8 Å². The number of anilines is 2. The van der Waals surface area contributed by atoms with Crippen LogP contribution in [-0.2, 0) is 4.79 Å². The van der Waals surface area contributed by atoms with E-state index in [1.807, 2.05) is 0 Å². The van der Waals surface area contributed by atoms with Crippen LogP contribution in [0.2, 0.25) is 0 Å². The van der Waals surface area contributed by atoms with Gasteiger partial charge >= 0.3 is 0 Å². The number of hydrogen-bond donors (Lipinski definition) is 4. The van der Waals surface area contributed by atoms with Gasteiger partial charge in [-0.1, -0.05) is 12.1 Å². The molecular weight excluding hydrogens is 351 g/mol. The first-order valence-electron chi connectivity index (χ1n) is 8.47. The van der Waals surface area contributed by atoms with Gasteiger partial charge in [-0.3, -0.25) is 14.4 Å². The Hall–Kier alpha value is -3.42. The Morgan fingerprint density at radius 2 is 1.81 bits per heavy atom. The van der Waals surface area contributed by atoms with Gasteiger partial charge in [0.05, 0.1) is 23.4 Å². The van der Waals surface area contributed by atoms with Crippen molar-refractivity contribution in [3.05, 3.63) is 59.4 Å². The zero-order chi connectivity index (χ0) is 19.4. The third-order valence-electron chi connectivity index (χ3n) is 4.05. The van der Waals surface area contributed by atoms with Gasteiger partial charge in [-0.25, -0.2) is 4.39 Å². The second-order valence-corrected chi connectivity index (χ2v) is 6.25. The van der Waals surface area contributed by atoms with Gasteiger partial charge in [0.25, 0.3) is 11.8 Å². The number of carbonyl (C=O) groups is 3. The molecule has 3 rings (SSSR count). The van der Waals surface area contributed by atoms with Crippen LogP contribution in [0.15, 0.2) is 42.5 Å². The maximum Gasteiger partial charge on any atom is 0.253 e. The fourth-order valence-electron chi connectivity index (χ4n) is 2.48. The third-order valence-corrected chi connectivity index (χ3v) is 4.05. The van der Waals surface area contributed by atoms with E-state index in [9.17, 15) is 18.8 Å². The summed E-state index contributed by atoms with van der Waals surface area (Å²) in [6, 6.07) is 10.7. The summed E-state index contributed by atoms with van der Waals surface area (Å²) in [6.45, 7) is -0.145. The highest BCUT2D eigenvalue weighted by Crippen LogP contribution is 2.21. The molecule has 0 spiro atoms. The predicted molar refractivity (Wildman–Crippen MR) is 99.0 cm³/mol. The molecule has 0 atom stereocenters. The first-order valence-corrected chi connectivity index (χ1v) is 8.47. The molecule has 2 aromatic carbocycles. The molecule has 0 saturated heterocycles. The van der Waals surface area contributed by atoms with Gasteiger partial charge in [0.1, 0.15) is 5.82 Å². The fourth-order valence-corrected chi connectivity index (χ4v) is 2.48. The van der Waals surface area contributed by atoms with Crippen LogP contribution >= 0.6 is 0 Å². The number of para-hydroxylation sites is 1. The van der Waals surface area contributed by atoms with Crippen LogP contribution in [0.25, 0.3) is 0 Å². The highest BCUT2D eigenvalue weighted by Gasteiger charge is 2.25. The van der Waals surface area contributed by atoms with Crippen molar-refractivity contribution >= 4 is 29.1 Å². The van der Waals surface area contributed by atoms with Gasteiger partial charge in [0.2, 0.25) is 5.91 Å². The zero-order valence-corrected chi connectivity index (χ0v) is 14.4. The predicted octanol–water partition coefficient (Wildman–Crippen LogP) is 1.87. The van der Waals surface area contributed by atoms with E-state index in [0.717, 1.165) is 18.9 Å². The highest BCUT2D eigenvalue weighted by molar-refractivity contribution is 6.04. The minimum Gasteiger partial charge on any atom is -0.376 e. The number of rotatable bonds is 7. The van der Waals surface area contributed by atoms with Crippen LogP contribution in [0, 0.1) is 5.82 Å². The SMILES string of the molecule is NC(=O)c1ccc(NCC(=O)Nc2ccccc2C(=O)NC2CC2)cc1F. The lowest BCUT2D eigenvalue weighted by Gasteiger charge is -2.12. The Kier molecular flexibility index (Phi) is 5.35. The van der Waals surface area contributed by atoms with Gasteiger partial charge in [-0.05, 0) is 43.2 Å². The van der Waals surface area contributed by atoms with Crippen LogP contribution in [0.5, 0.6) is 0 Å². The minimum atomic E-state index is -0.863. The molecule has 5 N–H and O–H groups in total. The van der Waals surface area contributed by atoms with E-state index in [1.54, 1.807) is 24.3 Å². The average molecular weight is 370 g/mol. The largest absolute Gasteiger partial charge is 0.376 e. The summed E-state index contributed by atoms with van der Waals surface area (Å²) in [5.74, 6) is -2.26. The molecule has 7 nitrogen and oxygen atoms in total. The number of carbonyl (C=O) groups excluding carboxylic acids is 3. The molecule has 0 radical (unpaired) electrons. The van der Waals surface area contributed by atoms with Crippen molar-refractivity contribution in [3.8, 4) is 0 Å². The van der Waals surface area contributed by atoms with Crippen molar-refractivity contribution in [1.29, 1.82) is 0 Å². The molecule has 140 valence electrons. The molecular formula is C19H19FN4O3. The van der Waals surface area contributed by atoms with E-state index in [0.29, 0.717) is 16.9 Å². The van der Waals surface area contributed by atoms with E-state index in [-0.39, 0.29) is 24.1 Å². The van der Waals surface area contributed by atoms with E-state index in [1.165, 1.54) is 12.1 Å². The summed E-state index contributed by atoms with van der Waals surface area (Å²) in [5.41, 5.74) is 5.94. The van der Waals surface area contributed by atoms with Crippen LogP contribution in [-0.4, -0.2) is 30.3 Å². The van der Waals surface area contributed by atoms with Crippen molar-refractivity contribution in [2.45, 2.75) is 18.9 Å². The van der Waals surface area contributed by atoms with Gasteiger partial charge in [0.15, 0.2) is 0 Å². The standard InChI is InChI=1S/C19H19FN4O3/c20-15-9-12(7-8-13(15)18(21)26)22-10-17(25)24-16-4-2-1-3-14(16)19(27)23-11-5-6-11/h1-4,7-9,11,22H,5-6,10H2,(H2,21,26)(H,23,27)(H,24,25). The Morgan fingerprint density at radius 3 is 2.48 bits per heavy atom. The summed E-state index contributed by atoms with van der Waals surface area (Å²) >= 11 is 0. The van der Waals surface area contributed by atoms with Gasteiger partial charge in [-0.15, -0.1) is 0 Å². The Morgan fingerprint density at radius 1 is 1.07 bits per heavy atom. The van der Waals surface area contributed by atoms with Gasteiger partial charge in [0, 0.05) is 11.7 Å². The summed E-state index contributed by atoms with van der Waals surface area (Å²) in [4.78, 5) is 35.5. The van der Waals surface area contributed by atoms with E-state index in [4.69, 9.17) is 5.73 Å². The number of amides is 3. The molecule has 0 unspecified atom stereocenters. The molecule has 8 heteroatoms. The van der Waals surface area contributed by atoms with Crippen LogP contribution in [0.1, 0.15) is 33.6 Å². The first kappa shape index (κ1) is 18.4. The second-order valence-electron chi connectivity index (χ2n) is 6.25. The number of primary amides is 1. The molecule has 1 aliphatic rings. The lowest BCUT2D eigenvalue weighted by atomic mass is 10.1. The van der Waals surface area contributed by atoms with E-state index >= 15 is 0 Å². The maximum absolute atomic E-state index is 13.7. The average Bonchev–Trinajstić information content (AvgIpc) is 3.44. The maximum atomic E-state index is 13.7. The molecule has 3 amide bonds. The fraction of sp³-hybridized carbons (Fsp3) is 0.211. The van der Waals surface area contributed by atoms with Crippen molar-refractivity contribution in [2.24, 2.45) is 5.73 Å². The summed E-state index contributed by atoms with van der Waals surface area (Å²) < 4.78 is 13.7. The minimum absolute atomic E-state index is 0.145. The molecule has 1 fully saturated rings. The molecule has 2 aromatic rings. The second kappa shape index (κ2) is 7.86. The summed E-state index contributed by atoms with van der Waals surface area (Å²) in [7, 11) is 0. The molecule has 1 saturated carbocycles. The van der Waals surface area contributed by atoms with E-state index < -0.39 is 17.6 Å².